The van der Waals surface area contributed by atoms with Crippen molar-refractivity contribution >= 4 is 11.7 Å². The van der Waals surface area contributed by atoms with E-state index in [9.17, 15) is 4.79 Å². The Bertz CT molecular complexity index is 706. The van der Waals surface area contributed by atoms with Crippen molar-refractivity contribution in [3.63, 3.8) is 0 Å². The van der Waals surface area contributed by atoms with Gasteiger partial charge in [0.25, 0.3) is 5.91 Å². The molecule has 0 N–H and O–H groups in total. The summed E-state index contributed by atoms with van der Waals surface area (Å²) in [6.07, 6.45) is 3.78. The van der Waals surface area contributed by atoms with Crippen LogP contribution in [0.5, 0.6) is 0 Å². The van der Waals surface area contributed by atoms with Crippen LogP contribution in [0.15, 0.2) is 42.6 Å². The largest absolute Gasteiger partial charge is 0.356 e. The Balaban J connectivity index is 1.64. The SMILES string of the molecule is Cc1ccc(C(=O)N(C)C2CCN(c3ccccn3)CC2)c(C)c1. The van der Waals surface area contributed by atoms with Crippen LogP contribution in [0.1, 0.15) is 34.3 Å². The zero-order valence-electron chi connectivity index (χ0n) is 14.7. The van der Waals surface area contributed by atoms with Gasteiger partial charge in [0.2, 0.25) is 0 Å². The molecule has 3 rings (SSSR count). The lowest BCUT2D eigenvalue weighted by Gasteiger charge is -2.37. The fourth-order valence-corrected chi connectivity index (χ4v) is 3.43. The van der Waals surface area contributed by atoms with Crippen molar-refractivity contribution in [2.24, 2.45) is 0 Å². The van der Waals surface area contributed by atoms with E-state index in [1.165, 1.54) is 5.56 Å². The van der Waals surface area contributed by atoms with Crippen LogP contribution in [-0.4, -0.2) is 42.0 Å². The van der Waals surface area contributed by atoms with Gasteiger partial charge in [0, 0.05) is 37.9 Å². The van der Waals surface area contributed by atoms with Gasteiger partial charge in [-0.1, -0.05) is 23.8 Å². The molecule has 0 bridgehead atoms. The first-order valence-electron chi connectivity index (χ1n) is 8.56. The first kappa shape index (κ1) is 16.5. The van der Waals surface area contributed by atoms with Crippen molar-refractivity contribution in [3.05, 3.63) is 59.3 Å². The van der Waals surface area contributed by atoms with E-state index in [2.05, 4.69) is 22.9 Å². The van der Waals surface area contributed by atoms with E-state index < -0.39 is 0 Å². The summed E-state index contributed by atoms with van der Waals surface area (Å²) in [7, 11) is 1.93. The number of amides is 1. The fraction of sp³-hybridized carbons (Fsp3) is 0.400. The molecule has 1 aromatic carbocycles. The Morgan fingerprint density at radius 3 is 2.54 bits per heavy atom. The minimum absolute atomic E-state index is 0.129. The smallest absolute Gasteiger partial charge is 0.254 e. The van der Waals surface area contributed by atoms with Gasteiger partial charge < -0.3 is 9.80 Å². The van der Waals surface area contributed by atoms with Gasteiger partial charge in [0.05, 0.1) is 0 Å². The molecule has 2 heterocycles. The number of carbonyl (C=O) groups is 1. The highest BCUT2D eigenvalue weighted by atomic mass is 16.2. The summed E-state index contributed by atoms with van der Waals surface area (Å²) in [5.41, 5.74) is 3.06. The van der Waals surface area contributed by atoms with Crippen molar-refractivity contribution in [3.8, 4) is 0 Å². The van der Waals surface area contributed by atoms with Crippen LogP contribution >= 0.6 is 0 Å². The lowest BCUT2D eigenvalue weighted by atomic mass is 10.0. The standard InChI is InChI=1S/C20H25N3O/c1-15-7-8-18(16(2)14-15)20(24)22(3)17-9-12-23(13-10-17)19-6-4-5-11-21-19/h4-8,11,14,17H,9-10,12-13H2,1-3H3. The molecular formula is C20H25N3O. The van der Waals surface area contributed by atoms with Gasteiger partial charge in [-0.05, 0) is 50.5 Å². The molecule has 0 aliphatic carbocycles. The quantitative estimate of drug-likeness (QED) is 0.868. The first-order valence-corrected chi connectivity index (χ1v) is 8.56. The first-order chi connectivity index (χ1) is 11.6. The number of benzene rings is 1. The molecule has 2 aromatic rings. The minimum atomic E-state index is 0.129. The molecular weight excluding hydrogens is 298 g/mol. The van der Waals surface area contributed by atoms with Gasteiger partial charge >= 0.3 is 0 Å². The molecule has 0 spiro atoms. The maximum absolute atomic E-state index is 12.8. The summed E-state index contributed by atoms with van der Waals surface area (Å²) in [5, 5.41) is 0. The summed E-state index contributed by atoms with van der Waals surface area (Å²) >= 11 is 0. The molecule has 126 valence electrons. The Labute approximate surface area is 144 Å². The van der Waals surface area contributed by atoms with Crippen molar-refractivity contribution in [2.45, 2.75) is 32.7 Å². The van der Waals surface area contributed by atoms with Gasteiger partial charge in [-0.2, -0.15) is 0 Å². The molecule has 1 saturated heterocycles. The second kappa shape index (κ2) is 7.04. The number of piperidine rings is 1. The van der Waals surface area contributed by atoms with Crippen molar-refractivity contribution < 1.29 is 4.79 Å². The lowest BCUT2D eigenvalue weighted by molar-refractivity contribution is 0.0708. The van der Waals surface area contributed by atoms with Crippen LogP contribution in [-0.2, 0) is 0 Å². The third-order valence-corrected chi connectivity index (χ3v) is 4.92. The molecule has 1 aliphatic heterocycles. The van der Waals surface area contributed by atoms with E-state index in [0.29, 0.717) is 0 Å². The van der Waals surface area contributed by atoms with E-state index in [1.54, 1.807) is 0 Å². The van der Waals surface area contributed by atoms with Crippen LogP contribution in [0, 0.1) is 13.8 Å². The Hall–Kier alpha value is -2.36. The van der Waals surface area contributed by atoms with Crippen LogP contribution < -0.4 is 4.90 Å². The third kappa shape index (κ3) is 3.42. The van der Waals surface area contributed by atoms with E-state index in [1.807, 2.05) is 55.4 Å². The molecule has 4 heteroatoms. The molecule has 0 unspecified atom stereocenters. The molecule has 0 radical (unpaired) electrons. The number of carbonyl (C=O) groups excluding carboxylic acids is 1. The maximum atomic E-state index is 12.8. The Kier molecular flexibility index (Phi) is 4.84. The highest BCUT2D eigenvalue weighted by Crippen LogP contribution is 2.22. The summed E-state index contributed by atoms with van der Waals surface area (Å²) < 4.78 is 0. The number of aromatic nitrogens is 1. The molecule has 1 aromatic heterocycles. The van der Waals surface area contributed by atoms with Crippen LogP contribution in [0.2, 0.25) is 0 Å². The monoisotopic (exact) mass is 323 g/mol. The Morgan fingerprint density at radius 2 is 1.92 bits per heavy atom. The van der Waals surface area contributed by atoms with Gasteiger partial charge in [-0.3, -0.25) is 4.79 Å². The number of hydrogen-bond acceptors (Lipinski definition) is 3. The predicted octanol–water partition coefficient (Wildman–Crippen LogP) is 3.44. The number of aryl methyl sites for hydroxylation is 2. The van der Waals surface area contributed by atoms with E-state index in [-0.39, 0.29) is 11.9 Å². The highest BCUT2D eigenvalue weighted by molar-refractivity contribution is 5.95. The average molecular weight is 323 g/mol. The Morgan fingerprint density at radius 1 is 1.17 bits per heavy atom. The molecule has 4 nitrogen and oxygen atoms in total. The molecule has 0 saturated carbocycles. The number of hydrogen-bond donors (Lipinski definition) is 0. The summed E-state index contributed by atoms with van der Waals surface area (Å²) in [6.45, 7) is 5.94. The average Bonchev–Trinajstić information content (AvgIpc) is 2.61. The van der Waals surface area contributed by atoms with Gasteiger partial charge in [0.15, 0.2) is 0 Å². The van der Waals surface area contributed by atoms with Crippen LogP contribution in [0.4, 0.5) is 5.82 Å². The summed E-state index contributed by atoms with van der Waals surface area (Å²) in [4.78, 5) is 21.5. The molecule has 24 heavy (non-hydrogen) atoms. The number of rotatable bonds is 3. The lowest BCUT2D eigenvalue weighted by Crippen LogP contribution is -2.46. The summed E-state index contributed by atoms with van der Waals surface area (Å²) in [5.74, 6) is 1.16. The zero-order chi connectivity index (χ0) is 17.1. The molecule has 1 amide bonds. The van der Waals surface area contributed by atoms with Crippen LogP contribution in [0.3, 0.4) is 0 Å². The van der Waals surface area contributed by atoms with Crippen molar-refractivity contribution in [1.29, 1.82) is 0 Å². The van der Waals surface area contributed by atoms with Gasteiger partial charge in [-0.15, -0.1) is 0 Å². The topological polar surface area (TPSA) is 36.4 Å². The highest BCUT2D eigenvalue weighted by Gasteiger charge is 2.27. The second-order valence-corrected chi connectivity index (χ2v) is 6.64. The summed E-state index contributed by atoms with van der Waals surface area (Å²) in [6, 6.07) is 12.3. The fourth-order valence-electron chi connectivity index (χ4n) is 3.43. The zero-order valence-corrected chi connectivity index (χ0v) is 14.7. The minimum Gasteiger partial charge on any atom is -0.356 e. The second-order valence-electron chi connectivity index (χ2n) is 6.64. The molecule has 1 fully saturated rings. The molecule has 0 atom stereocenters. The van der Waals surface area contributed by atoms with E-state index in [0.717, 1.165) is 42.9 Å². The number of anilines is 1. The number of nitrogens with zero attached hydrogens (tertiary/aromatic N) is 3. The van der Waals surface area contributed by atoms with E-state index in [4.69, 9.17) is 0 Å². The molecule has 1 aliphatic rings. The van der Waals surface area contributed by atoms with Gasteiger partial charge in [0.1, 0.15) is 5.82 Å². The number of pyridine rings is 1. The van der Waals surface area contributed by atoms with Crippen molar-refractivity contribution in [1.82, 2.24) is 9.88 Å². The normalized spacial score (nSPS) is 15.4. The maximum Gasteiger partial charge on any atom is 0.254 e. The van der Waals surface area contributed by atoms with Gasteiger partial charge in [-0.25, -0.2) is 4.98 Å². The van der Waals surface area contributed by atoms with Crippen LogP contribution in [0.25, 0.3) is 0 Å². The van der Waals surface area contributed by atoms with E-state index >= 15 is 0 Å². The third-order valence-electron chi connectivity index (χ3n) is 4.92. The predicted molar refractivity (Wildman–Crippen MR) is 97.5 cm³/mol. The van der Waals surface area contributed by atoms with Crippen molar-refractivity contribution in [2.75, 3.05) is 25.0 Å².